The summed E-state index contributed by atoms with van der Waals surface area (Å²) in [5.41, 5.74) is 0.560. The van der Waals surface area contributed by atoms with Gasteiger partial charge < -0.3 is 24.4 Å². The molecular weight excluding hydrogens is 384 g/mol. The Morgan fingerprint density at radius 1 is 1.17 bits per heavy atom. The van der Waals surface area contributed by atoms with E-state index in [0.29, 0.717) is 19.6 Å². The van der Waals surface area contributed by atoms with E-state index >= 15 is 0 Å². The Balaban J connectivity index is 1.52. The van der Waals surface area contributed by atoms with E-state index in [1.165, 1.54) is 0 Å². The van der Waals surface area contributed by atoms with E-state index in [1.54, 1.807) is 27.9 Å². The average molecular weight is 419 g/mol. The predicted molar refractivity (Wildman–Crippen MR) is 113 cm³/mol. The van der Waals surface area contributed by atoms with Gasteiger partial charge in [0.2, 0.25) is 5.91 Å². The van der Waals surface area contributed by atoms with Crippen LogP contribution in [-0.4, -0.2) is 60.4 Å². The number of hydrogen-bond acceptors (Lipinski definition) is 5. The largest absolute Gasteiger partial charge is 0.444 e. The van der Waals surface area contributed by atoms with E-state index in [4.69, 9.17) is 14.2 Å². The highest BCUT2D eigenvalue weighted by Crippen LogP contribution is 2.31. The number of alkyl carbamates (subject to hydrolysis) is 1. The molecule has 2 amide bonds. The Morgan fingerprint density at radius 3 is 2.57 bits per heavy atom. The van der Waals surface area contributed by atoms with Gasteiger partial charge in [-0.2, -0.15) is 0 Å². The molecule has 1 aromatic carbocycles. The quantitative estimate of drug-likeness (QED) is 0.767. The number of nitrogens with zero attached hydrogens (tertiary/aromatic N) is 1. The number of amides is 2. The maximum Gasteiger partial charge on any atom is 0.408 e. The summed E-state index contributed by atoms with van der Waals surface area (Å²) in [5, 5.41) is 2.72. The average Bonchev–Trinajstić information content (AvgIpc) is 3.05. The summed E-state index contributed by atoms with van der Waals surface area (Å²) in [6.45, 7) is 6.60. The van der Waals surface area contributed by atoms with Crippen LogP contribution < -0.4 is 5.32 Å². The van der Waals surface area contributed by atoms with Gasteiger partial charge in [0.15, 0.2) is 0 Å². The number of carbonyl (C=O) groups is 2. The van der Waals surface area contributed by atoms with Crippen LogP contribution in [0.15, 0.2) is 30.3 Å². The summed E-state index contributed by atoms with van der Waals surface area (Å²) < 4.78 is 17.1. The van der Waals surface area contributed by atoms with Crippen molar-refractivity contribution in [3.63, 3.8) is 0 Å². The third-order valence-electron chi connectivity index (χ3n) is 5.67. The van der Waals surface area contributed by atoms with Gasteiger partial charge in [-0.25, -0.2) is 4.79 Å². The van der Waals surface area contributed by atoms with Crippen LogP contribution in [0.4, 0.5) is 4.79 Å². The van der Waals surface area contributed by atoms with Crippen LogP contribution in [-0.2, 0) is 25.6 Å². The summed E-state index contributed by atoms with van der Waals surface area (Å²) in [4.78, 5) is 26.8. The van der Waals surface area contributed by atoms with Crippen LogP contribution >= 0.6 is 0 Å². The zero-order valence-electron chi connectivity index (χ0n) is 18.4. The topological polar surface area (TPSA) is 77.1 Å². The van der Waals surface area contributed by atoms with E-state index in [-0.39, 0.29) is 24.2 Å². The van der Waals surface area contributed by atoms with Crippen molar-refractivity contribution in [2.45, 2.75) is 83.0 Å². The smallest absolute Gasteiger partial charge is 0.408 e. The third kappa shape index (κ3) is 5.95. The minimum Gasteiger partial charge on any atom is -0.444 e. The van der Waals surface area contributed by atoms with E-state index in [0.717, 1.165) is 24.8 Å². The minimum atomic E-state index is -0.593. The molecule has 0 bridgehead atoms. The van der Waals surface area contributed by atoms with E-state index < -0.39 is 17.7 Å². The lowest BCUT2D eigenvalue weighted by molar-refractivity contribution is -0.138. The first kappa shape index (κ1) is 22.6. The zero-order chi connectivity index (χ0) is 21.7. The van der Waals surface area contributed by atoms with Crippen LogP contribution in [0.25, 0.3) is 0 Å². The molecule has 2 fully saturated rings. The maximum absolute atomic E-state index is 12.9. The Labute approximate surface area is 179 Å². The van der Waals surface area contributed by atoms with Crippen LogP contribution in [0.1, 0.15) is 52.0 Å². The van der Waals surface area contributed by atoms with Gasteiger partial charge >= 0.3 is 6.09 Å². The molecule has 1 aliphatic heterocycles. The first-order valence-electron chi connectivity index (χ1n) is 10.7. The van der Waals surface area contributed by atoms with Crippen LogP contribution in [0.2, 0.25) is 0 Å². The first-order valence-corrected chi connectivity index (χ1v) is 10.7. The molecular formula is C23H34N2O5. The molecule has 1 aromatic rings. The van der Waals surface area contributed by atoms with E-state index in [9.17, 15) is 9.59 Å². The Hall–Kier alpha value is -2.12. The van der Waals surface area contributed by atoms with Crippen molar-refractivity contribution in [3.8, 4) is 0 Å². The third-order valence-corrected chi connectivity index (χ3v) is 5.67. The van der Waals surface area contributed by atoms with Crippen molar-refractivity contribution < 1.29 is 23.8 Å². The standard InChI is InChI=1S/C23H34N2O5/c1-23(2,3)30-22(27)24-18-12-13-25(21(18)26)19-11-10-17(14-20(19)28-4)29-15-16-8-6-5-7-9-16/h5-9,17-20H,10-15H2,1-4H3,(H,24,27)/t17-,18+,19-,20+/m1/s1. The van der Waals surface area contributed by atoms with Crippen molar-refractivity contribution in [2.75, 3.05) is 13.7 Å². The molecule has 7 heteroatoms. The molecule has 0 aromatic heterocycles. The Kier molecular flexibility index (Phi) is 7.36. The van der Waals surface area contributed by atoms with Gasteiger partial charge in [-0.3, -0.25) is 4.79 Å². The van der Waals surface area contributed by atoms with Crippen molar-refractivity contribution in [3.05, 3.63) is 35.9 Å². The molecule has 1 saturated heterocycles. The molecule has 4 atom stereocenters. The fourth-order valence-electron chi connectivity index (χ4n) is 4.24. The highest BCUT2D eigenvalue weighted by Gasteiger charge is 2.42. The number of ether oxygens (including phenoxy) is 3. The van der Waals surface area contributed by atoms with Crippen molar-refractivity contribution in [2.24, 2.45) is 0 Å². The number of hydrogen-bond donors (Lipinski definition) is 1. The molecule has 0 unspecified atom stereocenters. The first-order chi connectivity index (χ1) is 14.3. The van der Waals surface area contributed by atoms with Gasteiger partial charge in [-0.05, 0) is 45.6 Å². The molecule has 0 radical (unpaired) electrons. The SMILES string of the molecule is CO[C@H]1C[C@H](OCc2ccccc2)CC[C@H]1N1CC[C@H](NC(=O)OC(C)(C)C)C1=O. The number of rotatable bonds is 6. The lowest BCUT2D eigenvalue weighted by atomic mass is 9.89. The summed E-state index contributed by atoms with van der Waals surface area (Å²) in [6.07, 6.45) is 2.52. The van der Waals surface area contributed by atoms with Gasteiger partial charge in [0, 0.05) is 20.1 Å². The lowest BCUT2D eigenvalue weighted by Gasteiger charge is -2.40. The maximum atomic E-state index is 12.9. The van der Waals surface area contributed by atoms with Crippen molar-refractivity contribution in [1.82, 2.24) is 10.2 Å². The van der Waals surface area contributed by atoms with E-state index in [1.807, 2.05) is 23.1 Å². The second-order valence-corrected chi connectivity index (χ2v) is 9.09. The second-order valence-electron chi connectivity index (χ2n) is 9.09. The van der Waals surface area contributed by atoms with Crippen molar-refractivity contribution in [1.29, 1.82) is 0 Å². The van der Waals surface area contributed by atoms with Gasteiger partial charge in [-0.15, -0.1) is 0 Å². The molecule has 1 heterocycles. The van der Waals surface area contributed by atoms with Crippen LogP contribution in [0, 0.1) is 0 Å². The molecule has 166 valence electrons. The normalized spacial score (nSPS) is 27.2. The summed E-state index contributed by atoms with van der Waals surface area (Å²) >= 11 is 0. The number of carbonyl (C=O) groups excluding carboxylic acids is 2. The highest BCUT2D eigenvalue weighted by molar-refractivity contribution is 5.87. The number of methoxy groups -OCH3 is 1. The second kappa shape index (κ2) is 9.79. The molecule has 30 heavy (non-hydrogen) atoms. The summed E-state index contributed by atoms with van der Waals surface area (Å²) in [7, 11) is 1.69. The fourth-order valence-corrected chi connectivity index (χ4v) is 4.24. The van der Waals surface area contributed by atoms with Crippen molar-refractivity contribution >= 4 is 12.0 Å². The molecule has 0 spiro atoms. The molecule has 1 saturated carbocycles. The molecule has 2 aliphatic rings. The highest BCUT2D eigenvalue weighted by atomic mass is 16.6. The zero-order valence-corrected chi connectivity index (χ0v) is 18.4. The molecule has 3 rings (SSSR count). The van der Waals surface area contributed by atoms with Crippen LogP contribution in [0.3, 0.4) is 0 Å². The Morgan fingerprint density at radius 2 is 1.90 bits per heavy atom. The number of nitrogens with one attached hydrogen (secondary N) is 1. The van der Waals surface area contributed by atoms with Gasteiger partial charge in [-0.1, -0.05) is 30.3 Å². The predicted octanol–water partition coefficient (Wildman–Crippen LogP) is 3.26. The van der Waals surface area contributed by atoms with Gasteiger partial charge in [0.25, 0.3) is 0 Å². The number of likely N-dealkylation sites (tertiary alicyclic amines) is 1. The number of benzene rings is 1. The minimum absolute atomic E-state index is 0.00418. The summed E-state index contributed by atoms with van der Waals surface area (Å²) in [6, 6.07) is 9.59. The van der Waals surface area contributed by atoms with Crippen LogP contribution in [0.5, 0.6) is 0 Å². The lowest BCUT2D eigenvalue weighted by Crippen LogP contribution is -2.52. The molecule has 7 nitrogen and oxygen atoms in total. The fraction of sp³-hybridized carbons (Fsp3) is 0.652. The van der Waals surface area contributed by atoms with Gasteiger partial charge in [0.1, 0.15) is 11.6 Å². The Bertz CT molecular complexity index is 718. The molecule has 1 aliphatic carbocycles. The molecule has 1 N–H and O–H groups in total. The monoisotopic (exact) mass is 418 g/mol. The summed E-state index contributed by atoms with van der Waals surface area (Å²) in [5.74, 6) is -0.0587. The van der Waals surface area contributed by atoms with Gasteiger partial charge in [0.05, 0.1) is 24.9 Å². The van der Waals surface area contributed by atoms with E-state index in [2.05, 4.69) is 17.4 Å².